The minimum absolute atomic E-state index is 0.0687. The van der Waals surface area contributed by atoms with Crippen LogP contribution in [0.4, 0.5) is 0 Å². The van der Waals surface area contributed by atoms with Gasteiger partial charge in [-0.1, -0.05) is 13.8 Å². The number of nitrogens with zero attached hydrogens (tertiary/aromatic N) is 2. The molecule has 0 aromatic heterocycles. The monoisotopic (exact) mass is 315 g/mol. The van der Waals surface area contributed by atoms with Crippen LogP contribution in [-0.4, -0.2) is 59.3 Å². The van der Waals surface area contributed by atoms with Gasteiger partial charge in [0.05, 0.1) is 13.2 Å². The molecule has 0 atom stereocenters. The molecule has 1 aliphatic heterocycles. The molecule has 21 heavy (non-hydrogen) atoms. The van der Waals surface area contributed by atoms with Gasteiger partial charge >= 0.3 is 0 Å². The van der Waals surface area contributed by atoms with E-state index in [1.807, 2.05) is 11.8 Å². The molecule has 5 heteroatoms. The second kappa shape index (κ2) is 8.28. The molecule has 0 saturated carbocycles. The molecule has 1 aliphatic rings. The summed E-state index contributed by atoms with van der Waals surface area (Å²) in [4.78, 5) is 7.22. The van der Waals surface area contributed by atoms with Gasteiger partial charge in [0.1, 0.15) is 0 Å². The van der Waals surface area contributed by atoms with Crippen molar-refractivity contribution in [2.75, 3.05) is 38.5 Å². The average Bonchev–Trinajstić information content (AvgIpc) is 2.47. The van der Waals surface area contributed by atoms with Crippen LogP contribution < -0.4 is 5.32 Å². The summed E-state index contributed by atoms with van der Waals surface area (Å²) in [7, 11) is 0. The SMILES string of the molecule is CCNC(=NCC(CC)(CC)CO)N1CCSC(C)(C)C1. The van der Waals surface area contributed by atoms with Crippen LogP contribution in [0.5, 0.6) is 0 Å². The van der Waals surface area contributed by atoms with Crippen LogP contribution >= 0.6 is 11.8 Å². The number of thioether (sulfide) groups is 1. The van der Waals surface area contributed by atoms with Crippen molar-refractivity contribution >= 4 is 17.7 Å². The highest BCUT2D eigenvalue weighted by molar-refractivity contribution is 8.00. The summed E-state index contributed by atoms with van der Waals surface area (Å²) in [5.41, 5.74) is -0.0687. The van der Waals surface area contributed by atoms with E-state index in [4.69, 9.17) is 4.99 Å². The maximum absolute atomic E-state index is 9.71. The molecule has 0 aromatic carbocycles. The summed E-state index contributed by atoms with van der Waals surface area (Å²) in [5, 5.41) is 13.1. The first-order valence-electron chi connectivity index (χ1n) is 8.20. The molecule has 0 amide bonds. The Kier molecular flexibility index (Phi) is 7.34. The Morgan fingerprint density at radius 2 is 2.00 bits per heavy atom. The lowest BCUT2D eigenvalue weighted by atomic mass is 9.83. The smallest absolute Gasteiger partial charge is 0.194 e. The molecule has 1 saturated heterocycles. The fraction of sp³-hybridized carbons (Fsp3) is 0.938. The van der Waals surface area contributed by atoms with Crippen LogP contribution in [-0.2, 0) is 0 Å². The lowest BCUT2D eigenvalue weighted by Crippen LogP contribution is -2.51. The van der Waals surface area contributed by atoms with E-state index in [1.165, 1.54) is 0 Å². The number of hydrogen-bond acceptors (Lipinski definition) is 3. The van der Waals surface area contributed by atoms with Gasteiger partial charge in [0.15, 0.2) is 5.96 Å². The Labute approximate surface area is 134 Å². The van der Waals surface area contributed by atoms with Gasteiger partial charge in [-0.05, 0) is 33.6 Å². The highest BCUT2D eigenvalue weighted by Gasteiger charge is 2.30. The van der Waals surface area contributed by atoms with Crippen molar-refractivity contribution in [3.63, 3.8) is 0 Å². The molecule has 0 aliphatic carbocycles. The molecule has 0 bridgehead atoms. The van der Waals surface area contributed by atoms with Crippen molar-refractivity contribution in [2.45, 2.75) is 52.2 Å². The van der Waals surface area contributed by atoms with E-state index in [0.29, 0.717) is 6.54 Å². The first-order valence-corrected chi connectivity index (χ1v) is 9.18. The lowest BCUT2D eigenvalue weighted by molar-refractivity contribution is 0.123. The molecular formula is C16H33N3OS. The molecule has 1 fully saturated rings. The van der Waals surface area contributed by atoms with Crippen LogP contribution in [0.25, 0.3) is 0 Å². The molecule has 124 valence electrons. The van der Waals surface area contributed by atoms with Gasteiger partial charge < -0.3 is 15.3 Å². The topological polar surface area (TPSA) is 47.9 Å². The fourth-order valence-electron chi connectivity index (χ4n) is 2.61. The normalized spacial score (nSPS) is 19.7. The molecule has 0 radical (unpaired) electrons. The van der Waals surface area contributed by atoms with Crippen LogP contribution in [0, 0.1) is 5.41 Å². The number of nitrogens with one attached hydrogen (secondary N) is 1. The molecule has 1 heterocycles. The van der Waals surface area contributed by atoms with Gasteiger partial charge in [-0.2, -0.15) is 11.8 Å². The second-order valence-corrected chi connectivity index (χ2v) is 8.37. The summed E-state index contributed by atoms with van der Waals surface area (Å²) >= 11 is 2.03. The van der Waals surface area contributed by atoms with Crippen molar-refractivity contribution in [3.8, 4) is 0 Å². The zero-order valence-corrected chi connectivity index (χ0v) is 15.2. The first kappa shape index (κ1) is 18.6. The first-order chi connectivity index (χ1) is 9.92. The van der Waals surface area contributed by atoms with E-state index in [-0.39, 0.29) is 16.8 Å². The zero-order chi connectivity index (χ0) is 15.9. The van der Waals surface area contributed by atoms with Crippen LogP contribution in [0.3, 0.4) is 0 Å². The van der Waals surface area contributed by atoms with E-state index < -0.39 is 0 Å². The average molecular weight is 316 g/mol. The third kappa shape index (κ3) is 5.37. The zero-order valence-electron chi connectivity index (χ0n) is 14.4. The van der Waals surface area contributed by atoms with E-state index >= 15 is 0 Å². The van der Waals surface area contributed by atoms with E-state index in [1.54, 1.807) is 0 Å². The highest BCUT2D eigenvalue weighted by Crippen LogP contribution is 2.30. The lowest BCUT2D eigenvalue weighted by Gasteiger charge is -2.39. The Hall–Kier alpha value is -0.420. The standard InChI is InChI=1S/C16H33N3OS/c1-6-16(7-2,13-20)11-18-14(17-8-3)19-9-10-21-15(4,5)12-19/h20H,6-13H2,1-5H3,(H,17,18). The quantitative estimate of drug-likeness (QED) is 0.584. The van der Waals surface area contributed by atoms with Crippen LogP contribution in [0.15, 0.2) is 4.99 Å². The predicted molar refractivity (Wildman–Crippen MR) is 94.2 cm³/mol. The van der Waals surface area contributed by atoms with Gasteiger partial charge in [-0.3, -0.25) is 4.99 Å². The summed E-state index contributed by atoms with van der Waals surface area (Å²) in [6.45, 7) is 14.8. The Morgan fingerprint density at radius 3 is 2.48 bits per heavy atom. The Bertz CT molecular complexity index is 332. The maximum atomic E-state index is 9.71. The minimum Gasteiger partial charge on any atom is -0.396 e. The minimum atomic E-state index is -0.0687. The summed E-state index contributed by atoms with van der Waals surface area (Å²) in [5.74, 6) is 2.15. The van der Waals surface area contributed by atoms with Crippen molar-refractivity contribution in [3.05, 3.63) is 0 Å². The third-order valence-corrected chi connectivity index (χ3v) is 5.76. The van der Waals surface area contributed by atoms with Crippen LogP contribution in [0.1, 0.15) is 47.5 Å². The molecular weight excluding hydrogens is 282 g/mol. The van der Waals surface area contributed by atoms with Crippen molar-refractivity contribution in [2.24, 2.45) is 10.4 Å². The molecule has 4 nitrogen and oxygen atoms in total. The Morgan fingerprint density at radius 1 is 1.33 bits per heavy atom. The number of hydrogen-bond donors (Lipinski definition) is 2. The van der Waals surface area contributed by atoms with Gasteiger partial charge in [0.25, 0.3) is 0 Å². The van der Waals surface area contributed by atoms with Gasteiger partial charge in [0, 0.05) is 35.5 Å². The summed E-state index contributed by atoms with van der Waals surface area (Å²) in [6, 6.07) is 0. The van der Waals surface area contributed by atoms with E-state index in [9.17, 15) is 5.11 Å². The van der Waals surface area contributed by atoms with Crippen molar-refractivity contribution in [1.29, 1.82) is 0 Å². The molecule has 0 spiro atoms. The van der Waals surface area contributed by atoms with E-state index in [0.717, 1.165) is 44.2 Å². The third-order valence-electron chi connectivity index (χ3n) is 4.46. The number of aliphatic hydroxyl groups is 1. The number of aliphatic imine (C=N–C) groups is 1. The van der Waals surface area contributed by atoms with Crippen molar-refractivity contribution in [1.82, 2.24) is 10.2 Å². The Balaban J connectivity index is 2.82. The van der Waals surface area contributed by atoms with Crippen molar-refractivity contribution < 1.29 is 5.11 Å². The van der Waals surface area contributed by atoms with E-state index in [2.05, 4.69) is 44.8 Å². The molecule has 2 N–H and O–H groups in total. The number of rotatable bonds is 6. The molecule has 0 unspecified atom stereocenters. The number of guanidine groups is 1. The van der Waals surface area contributed by atoms with Gasteiger partial charge in [-0.25, -0.2) is 0 Å². The van der Waals surface area contributed by atoms with Gasteiger partial charge in [0.2, 0.25) is 0 Å². The maximum Gasteiger partial charge on any atom is 0.194 e. The molecule has 0 aromatic rings. The summed E-state index contributed by atoms with van der Waals surface area (Å²) < 4.78 is 0.276. The largest absolute Gasteiger partial charge is 0.396 e. The highest BCUT2D eigenvalue weighted by atomic mass is 32.2. The summed E-state index contributed by atoms with van der Waals surface area (Å²) in [6.07, 6.45) is 1.93. The fourth-order valence-corrected chi connectivity index (χ4v) is 3.72. The van der Waals surface area contributed by atoms with Gasteiger partial charge in [-0.15, -0.1) is 0 Å². The molecule has 1 rings (SSSR count). The predicted octanol–water partition coefficient (Wildman–Crippen LogP) is 2.58. The second-order valence-electron chi connectivity index (χ2n) is 6.57. The van der Waals surface area contributed by atoms with Crippen LogP contribution in [0.2, 0.25) is 0 Å². The number of aliphatic hydroxyl groups excluding tert-OH is 1.